The van der Waals surface area contributed by atoms with E-state index in [4.69, 9.17) is 28.6 Å². The Balaban J connectivity index is 1.71. The van der Waals surface area contributed by atoms with Crippen LogP contribution < -0.4 is 10.9 Å². The number of aromatic nitrogens is 2. The Morgan fingerprint density at radius 2 is 1.77 bits per heavy atom. The van der Waals surface area contributed by atoms with Crippen LogP contribution >= 0.6 is 23.2 Å². The number of aryl methyl sites for hydroxylation is 2. The van der Waals surface area contributed by atoms with Gasteiger partial charge in [-0.15, -0.1) is 0 Å². The van der Waals surface area contributed by atoms with Crippen LogP contribution in [0.3, 0.4) is 0 Å². The first kappa shape index (κ1) is 24.7. The van der Waals surface area contributed by atoms with E-state index < -0.39 is 11.6 Å². The molecule has 0 aliphatic carbocycles. The molecule has 5 nitrogen and oxygen atoms in total. The van der Waals surface area contributed by atoms with E-state index in [1.165, 1.54) is 6.07 Å². The monoisotopic (exact) mass is 514 g/mol. The van der Waals surface area contributed by atoms with Crippen LogP contribution in [0.5, 0.6) is 0 Å². The smallest absolute Gasteiger partial charge is 0.251 e. The third-order valence-corrected chi connectivity index (χ3v) is 6.40. The highest BCUT2D eigenvalue weighted by molar-refractivity contribution is 6.42. The van der Waals surface area contributed by atoms with Gasteiger partial charge in [0.05, 0.1) is 16.6 Å². The van der Waals surface area contributed by atoms with Crippen LogP contribution in [-0.4, -0.2) is 15.0 Å². The van der Waals surface area contributed by atoms with Gasteiger partial charge in [-0.2, -0.15) is 0 Å². The number of hydrogen-bond donors (Lipinski definition) is 2. The maximum atomic E-state index is 14.8. The molecular weight excluding hydrogens is 493 g/mol. The van der Waals surface area contributed by atoms with E-state index in [1.807, 2.05) is 0 Å². The summed E-state index contributed by atoms with van der Waals surface area (Å²) in [4.78, 5) is 13.1. The number of nitrogens with zero attached hydrogens (tertiary/aromatic N) is 2. The van der Waals surface area contributed by atoms with Gasteiger partial charge in [0.25, 0.3) is 5.91 Å². The Bertz CT molecular complexity index is 1470. The molecule has 0 bridgehead atoms. The first-order chi connectivity index (χ1) is 16.6. The molecule has 1 aromatic heterocycles. The fourth-order valence-electron chi connectivity index (χ4n) is 3.91. The Morgan fingerprint density at radius 3 is 2.43 bits per heavy atom. The van der Waals surface area contributed by atoms with Crippen molar-refractivity contribution in [2.75, 3.05) is 0 Å². The van der Waals surface area contributed by atoms with E-state index in [9.17, 15) is 13.6 Å². The molecule has 0 spiro atoms. The second-order valence-electron chi connectivity index (χ2n) is 8.29. The highest BCUT2D eigenvalue weighted by atomic mass is 35.5. The van der Waals surface area contributed by atoms with Gasteiger partial charge in [0.15, 0.2) is 0 Å². The molecule has 4 rings (SSSR count). The summed E-state index contributed by atoms with van der Waals surface area (Å²) >= 11 is 12.0. The minimum absolute atomic E-state index is 0.212. The summed E-state index contributed by atoms with van der Waals surface area (Å²) < 4.78 is 31.9. The lowest BCUT2D eigenvalue weighted by Gasteiger charge is -2.14. The standard InChI is InChI=1S/C26H22Cl2F2N4O/c1-15-7-20(29)12-23(30)24(15)18-8-17(14-34-6-5-33(2)26(34)31)9-19(11-18)25(35)32-13-16-3-4-21(27)22(28)10-16/h3-12,31H,13-14H2,1-2H3,(H,32,35). The number of benzene rings is 3. The molecule has 4 aromatic rings. The van der Waals surface area contributed by atoms with Gasteiger partial charge in [-0.3, -0.25) is 10.2 Å². The number of hydrogen-bond acceptors (Lipinski definition) is 2. The first-order valence-electron chi connectivity index (χ1n) is 10.7. The summed E-state index contributed by atoms with van der Waals surface area (Å²) in [6, 6.07) is 12.2. The van der Waals surface area contributed by atoms with Gasteiger partial charge in [-0.05, 0) is 65.6 Å². The molecule has 180 valence electrons. The zero-order valence-electron chi connectivity index (χ0n) is 19.0. The maximum Gasteiger partial charge on any atom is 0.251 e. The summed E-state index contributed by atoms with van der Waals surface area (Å²) in [6.45, 7) is 2.12. The Kier molecular flexibility index (Phi) is 7.10. The van der Waals surface area contributed by atoms with Crippen molar-refractivity contribution in [3.8, 4) is 11.1 Å². The number of rotatable bonds is 6. The summed E-state index contributed by atoms with van der Waals surface area (Å²) in [5, 5.41) is 11.8. The highest BCUT2D eigenvalue weighted by Crippen LogP contribution is 2.30. The molecule has 0 aliphatic heterocycles. The van der Waals surface area contributed by atoms with E-state index >= 15 is 0 Å². The predicted octanol–water partition coefficient (Wildman–Crippen LogP) is 5.84. The zero-order valence-corrected chi connectivity index (χ0v) is 20.5. The van der Waals surface area contributed by atoms with Crippen LogP contribution in [0.4, 0.5) is 8.78 Å². The number of imidazole rings is 1. The largest absolute Gasteiger partial charge is 0.348 e. The van der Waals surface area contributed by atoms with Crippen LogP contribution in [0.15, 0.2) is 60.9 Å². The second-order valence-corrected chi connectivity index (χ2v) is 9.10. The number of halogens is 4. The van der Waals surface area contributed by atoms with Crippen molar-refractivity contribution in [3.63, 3.8) is 0 Å². The quantitative estimate of drug-likeness (QED) is 0.333. The molecule has 0 atom stereocenters. The van der Waals surface area contributed by atoms with E-state index in [2.05, 4.69) is 5.32 Å². The van der Waals surface area contributed by atoms with Gasteiger partial charge in [-0.1, -0.05) is 29.3 Å². The van der Waals surface area contributed by atoms with Crippen molar-refractivity contribution in [1.82, 2.24) is 14.5 Å². The molecule has 1 heterocycles. The van der Waals surface area contributed by atoms with Crippen molar-refractivity contribution in [2.45, 2.75) is 20.0 Å². The van der Waals surface area contributed by atoms with E-state index in [1.54, 1.807) is 71.9 Å². The van der Waals surface area contributed by atoms with Gasteiger partial charge in [0.1, 0.15) is 11.6 Å². The summed E-state index contributed by atoms with van der Waals surface area (Å²) in [7, 11) is 1.76. The zero-order chi connectivity index (χ0) is 25.3. The molecule has 1 amide bonds. The molecule has 3 aromatic carbocycles. The van der Waals surface area contributed by atoms with Crippen molar-refractivity contribution >= 4 is 29.1 Å². The lowest BCUT2D eigenvalue weighted by atomic mass is 9.95. The van der Waals surface area contributed by atoms with Gasteiger partial charge < -0.3 is 14.5 Å². The number of nitrogens with one attached hydrogen (secondary N) is 2. The van der Waals surface area contributed by atoms with Crippen molar-refractivity contribution in [1.29, 1.82) is 5.41 Å². The first-order valence-corrected chi connectivity index (χ1v) is 11.5. The second kappa shape index (κ2) is 10.1. The van der Waals surface area contributed by atoms with Crippen LogP contribution in [0.1, 0.15) is 27.0 Å². The van der Waals surface area contributed by atoms with Gasteiger partial charge >= 0.3 is 0 Å². The molecule has 0 radical (unpaired) electrons. The molecule has 0 unspecified atom stereocenters. The summed E-state index contributed by atoms with van der Waals surface area (Å²) in [5.41, 5.74) is 3.11. The minimum atomic E-state index is -0.713. The topological polar surface area (TPSA) is 62.8 Å². The average Bonchev–Trinajstić information content (AvgIpc) is 3.11. The predicted molar refractivity (Wildman–Crippen MR) is 133 cm³/mol. The molecule has 0 saturated carbocycles. The number of amides is 1. The maximum absolute atomic E-state index is 14.8. The molecule has 0 saturated heterocycles. The fraction of sp³-hybridized carbons (Fsp3) is 0.154. The lowest BCUT2D eigenvalue weighted by Crippen LogP contribution is -2.24. The lowest BCUT2D eigenvalue weighted by molar-refractivity contribution is 0.0951. The minimum Gasteiger partial charge on any atom is -0.348 e. The molecule has 0 fully saturated rings. The van der Waals surface area contributed by atoms with Crippen molar-refractivity contribution in [2.24, 2.45) is 7.05 Å². The van der Waals surface area contributed by atoms with E-state index in [0.29, 0.717) is 38.8 Å². The fourth-order valence-corrected chi connectivity index (χ4v) is 4.23. The molecule has 35 heavy (non-hydrogen) atoms. The van der Waals surface area contributed by atoms with Gasteiger partial charge in [0.2, 0.25) is 5.62 Å². The van der Waals surface area contributed by atoms with Crippen LogP contribution in [0.25, 0.3) is 11.1 Å². The third-order valence-electron chi connectivity index (χ3n) is 5.66. The number of carbonyl (C=O) groups is 1. The van der Waals surface area contributed by atoms with E-state index in [-0.39, 0.29) is 23.6 Å². The third kappa shape index (κ3) is 5.47. The van der Waals surface area contributed by atoms with Crippen molar-refractivity contribution in [3.05, 3.63) is 110 Å². The number of carbonyl (C=O) groups excluding carboxylic acids is 1. The summed E-state index contributed by atoms with van der Waals surface area (Å²) in [6.07, 6.45) is 3.50. The Morgan fingerprint density at radius 1 is 1.00 bits per heavy atom. The Hall–Kier alpha value is -3.42. The van der Waals surface area contributed by atoms with Gasteiger partial charge in [-0.25, -0.2) is 8.78 Å². The summed E-state index contributed by atoms with van der Waals surface area (Å²) in [5.74, 6) is -1.75. The van der Waals surface area contributed by atoms with Crippen LogP contribution in [0.2, 0.25) is 10.0 Å². The molecule has 2 N–H and O–H groups in total. The van der Waals surface area contributed by atoms with E-state index in [0.717, 1.165) is 11.6 Å². The molecular formula is C26H22Cl2F2N4O. The van der Waals surface area contributed by atoms with Crippen molar-refractivity contribution < 1.29 is 13.6 Å². The highest BCUT2D eigenvalue weighted by Gasteiger charge is 2.16. The van der Waals surface area contributed by atoms with Gasteiger partial charge in [0, 0.05) is 43.2 Å². The Labute approximate surface area is 211 Å². The van der Waals surface area contributed by atoms with Crippen LogP contribution in [0, 0.1) is 24.0 Å². The molecule has 9 heteroatoms. The normalized spacial score (nSPS) is 11.0. The average molecular weight is 515 g/mol. The molecule has 0 aliphatic rings. The van der Waals surface area contributed by atoms with Crippen LogP contribution in [-0.2, 0) is 20.1 Å². The SMILES string of the molecule is Cc1cc(F)cc(F)c1-c1cc(Cn2ccn(C)c2=N)cc(C(=O)NCc2ccc(Cl)c(Cl)c2)c1.